The molecule has 0 heterocycles. The Labute approximate surface area is 96.8 Å². The summed E-state index contributed by atoms with van der Waals surface area (Å²) in [5, 5.41) is 3.15. The molecule has 1 aromatic rings. The lowest BCUT2D eigenvalue weighted by atomic mass is 10.1. The van der Waals surface area contributed by atoms with Crippen LogP contribution in [0, 0.1) is 0 Å². The van der Waals surface area contributed by atoms with Crippen molar-refractivity contribution in [2.75, 3.05) is 7.11 Å². The van der Waals surface area contributed by atoms with E-state index in [2.05, 4.69) is 29.1 Å². The minimum Gasteiger partial charge on any atom is -0.468 e. The fourth-order valence-corrected chi connectivity index (χ4v) is 1.60. The SMILES string of the molecule is CCc1ccccc1CN[C@@H](C)C(=O)OC. The van der Waals surface area contributed by atoms with Crippen LogP contribution in [0.2, 0.25) is 0 Å². The number of hydrogen-bond donors (Lipinski definition) is 1. The molecule has 1 N–H and O–H groups in total. The molecule has 88 valence electrons. The molecular formula is C13H19NO2. The molecule has 0 aliphatic rings. The quantitative estimate of drug-likeness (QED) is 0.772. The lowest BCUT2D eigenvalue weighted by molar-refractivity contribution is -0.142. The summed E-state index contributed by atoms with van der Waals surface area (Å²) in [4.78, 5) is 11.2. The number of esters is 1. The summed E-state index contributed by atoms with van der Waals surface area (Å²) in [6.07, 6.45) is 1.00. The van der Waals surface area contributed by atoms with Crippen LogP contribution in [0.3, 0.4) is 0 Å². The highest BCUT2D eigenvalue weighted by atomic mass is 16.5. The zero-order valence-corrected chi connectivity index (χ0v) is 10.1. The van der Waals surface area contributed by atoms with Gasteiger partial charge >= 0.3 is 5.97 Å². The molecule has 0 bridgehead atoms. The molecule has 0 aliphatic carbocycles. The minimum atomic E-state index is -0.269. The molecule has 0 saturated carbocycles. The maximum Gasteiger partial charge on any atom is 0.322 e. The van der Waals surface area contributed by atoms with Crippen LogP contribution in [0.1, 0.15) is 25.0 Å². The van der Waals surface area contributed by atoms with Crippen molar-refractivity contribution in [1.29, 1.82) is 0 Å². The van der Waals surface area contributed by atoms with E-state index in [1.165, 1.54) is 18.2 Å². The summed E-state index contributed by atoms with van der Waals surface area (Å²) in [6, 6.07) is 7.97. The van der Waals surface area contributed by atoms with Gasteiger partial charge in [0.15, 0.2) is 0 Å². The molecule has 0 saturated heterocycles. The van der Waals surface area contributed by atoms with E-state index in [1.54, 1.807) is 6.92 Å². The normalized spacial score (nSPS) is 12.2. The highest BCUT2D eigenvalue weighted by Crippen LogP contribution is 2.09. The van der Waals surface area contributed by atoms with Crippen LogP contribution in [-0.4, -0.2) is 19.1 Å². The van der Waals surface area contributed by atoms with Crippen molar-refractivity contribution in [3.05, 3.63) is 35.4 Å². The van der Waals surface area contributed by atoms with Gasteiger partial charge in [0.25, 0.3) is 0 Å². The van der Waals surface area contributed by atoms with Crippen molar-refractivity contribution < 1.29 is 9.53 Å². The van der Waals surface area contributed by atoms with Gasteiger partial charge in [0.05, 0.1) is 7.11 Å². The molecule has 0 aliphatic heterocycles. The Balaban J connectivity index is 2.57. The molecule has 16 heavy (non-hydrogen) atoms. The smallest absolute Gasteiger partial charge is 0.322 e. The Hall–Kier alpha value is -1.35. The third-order valence-corrected chi connectivity index (χ3v) is 2.65. The fourth-order valence-electron chi connectivity index (χ4n) is 1.60. The van der Waals surface area contributed by atoms with E-state index < -0.39 is 0 Å². The molecule has 1 rings (SSSR count). The van der Waals surface area contributed by atoms with Crippen LogP contribution in [0.15, 0.2) is 24.3 Å². The van der Waals surface area contributed by atoms with Crippen molar-refractivity contribution in [2.24, 2.45) is 0 Å². The van der Waals surface area contributed by atoms with E-state index in [0.717, 1.165) is 6.42 Å². The van der Waals surface area contributed by atoms with Crippen molar-refractivity contribution >= 4 is 5.97 Å². The highest BCUT2D eigenvalue weighted by Gasteiger charge is 2.12. The van der Waals surface area contributed by atoms with Crippen LogP contribution in [-0.2, 0) is 22.5 Å². The Bertz CT molecular complexity index is 350. The van der Waals surface area contributed by atoms with Gasteiger partial charge in [-0.3, -0.25) is 4.79 Å². The van der Waals surface area contributed by atoms with Gasteiger partial charge in [-0.25, -0.2) is 0 Å². The Morgan fingerprint density at radius 1 is 1.38 bits per heavy atom. The summed E-state index contributed by atoms with van der Waals surface area (Å²) < 4.78 is 4.66. The van der Waals surface area contributed by atoms with Crippen LogP contribution >= 0.6 is 0 Å². The van der Waals surface area contributed by atoms with E-state index in [9.17, 15) is 4.79 Å². The zero-order chi connectivity index (χ0) is 12.0. The largest absolute Gasteiger partial charge is 0.468 e. The predicted molar refractivity (Wildman–Crippen MR) is 64.1 cm³/mol. The zero-order valence-electron chi connectivity index (χ0n) is 10.1. The Morgan fingerprint density at radius 2 is 2.00 bits per heavy atom. The lowest BCUT2D eigenvalue weighted by Crippen LogP contribution is -2.34. The number of ether oxygens (including phenoxy) is 1. The highest BCUT2D eigenvalue weighted by molar-refractivity contribution is 5.75. The number of aryl methyl sites for hydroxylation is 1. The first kappa shape index (κ1) is 12.7. The minimum absolute atomic E-state index is 0.228. The second-order valence-electron chi connectivity index (χ2n) is 3.75. The molecule has 0 fully saturated rings. The van der Waals surface area contributed by atoms with E-state index in [4.69, 9.17) is 0 Å². The number of rotatable bonds is 5. The average molecular weight is 221 g/mol. The van der Waals surface area contributed by atoms with Crippen LogP contribution in [0.5, 0.6) is 0 Å². The molecule has 1 atom stereocenters. The Morgan fingerprint density at radius 3 is 2.56 bits per heavy atom. The number of hydrogen-bond acceptors (Lipinski definition) is 3. The van der Waals surface area contributed by atoms with Gasteiger partial charge in [0.2, 0.25) is 0 Å². The standard InChI is InChI=1S/C13H19NO2/c1-4-11-7-5-6-8-12(11)9-14-10(2)13(15)16-3/h5-8,10,14H,4,9H2,1-3H3/t10-/m0/s1. The summed E-state index contributed by atoms with van der Waals surface area (Å²) in [7, 11) is 1.40. The fraction of sp³-hybridized carbons (Fsp3) is 0.462. The average Bonchev–Trinajstić information content (AvgIpc) is 2.35. The van der Waals surface area contributed by atoms with Gasteiger partial charge in [-0.2, -0.15) is 0 Å². The number of carbonyl (C=O) groups excluding carboxylic acids is 1. The van der Waals surface area contributed by atoms with E-state index in [0.29, 0.717) is 6.54 Å². The molecule has 3 heteroatoms. The van der Waals surface area contributed by atoms with Gasteiger partial charge in [-0.15, -0.1) is 0 Å². The van der Waals surface area contributed by atoms with Crippen molar-refractivity contribution in [3.8, 4) is 0 Å². The molecule has 0 radical (unpaired) electrons. The predicted octanol–water partition coefficient (Wildman–Crippen LogP) is 1.90. The summed E-state index contributed by atoms with van der Waals surface area (Å²) in [5.74, 6) is -0.228. The van der Waals surface area contributed by atoms with E-state index in [-0.39, 0.29) is 12.0 Å². The second-order valence-corrected chi connectivity index (χ2v) is 3.75. The second kappa shape index (κ2) is 6.28. The maximum absolute atomic E-state index is 11.2. The molecule has 0 amide bonds. The number of methoxy groups -OCH3 is 1. The molecule has 0 unspecified atom stereocenters. The van der Waals surface area contributed by atoms with Gasteiger partial charge in [-0.1, -0.05) is 31.2 Å². The molecule has 1 aromatic carbocycles. The topological polar surface area (TPSA) is 38.3 Å². The monoisotopic (exact) mass is 221 g/mol. The van der Waals surface area contributed by atoms with Crippen molar-refractivity contribution in [2.45, 2.75) is 32.9 Å². The molecule has 0 aromatic heterocycles. The van der Waals surface area contributed by atoms with Gasteiger partial charge < -0.3 is 10.1 Å². The first-order valence-electron chi connectivity index (χ1n) is 5.57. The van der Waals surface area contributed by atoms with Crippen molar-refractivity contribution in [1.82, 2.24) is 5.32 Å². The summed E-state index contributed by atoms with van der Waals surface area (Å²) >= 11 is 0. The number of carbonyl (C=O) groups is 1. The number of nitrogens with one attached hydrogen (secondary N) is 1. The molecular weight excluding hydrogens is 202 g/mol. The first-order valence-corrected chi connectivity index (χ1v) is 5.57. The lowest BCUT2D eigenvalue weighted by Gasteiger charge is -2.13. The first-order chi connectivity index (χ1) is 7.69. The van der Waals surface area contributed by atoms with E-state index in [1.807, 2.05) is 12.1 Å². The summed E-state index contributed by atoms with van der Waals surface area (Å²) in [5.41, 5.74) is 2.55. The van der Waals surface area contributed by atoms with Crippen molar-refractivity contribution in [3.63, 3.8) is 0 Å². The third-order valence-electron chi connectivity index (χ3n) is 2.65. The van der Waals surface area contributed by atoms with Crippen LogP contribution in [0.4, 0.5) is 0 Å². The van der Waals surface area contributed by atoms with Crippen LogP contribution < -0.4 is 5.32 Å². The third kappa shape index (κ3) is 3.35. The van der Waals surface area contributed by atoms with Gasteiger partial charge in [-0.05, 0) is 24.5 Å². The number of benzene rings is 1. The van der Waals surface area contributed by atoms with E-state index >= 15 is 0 Å². The Kier molecular flexibility index (Phi) is 4.99. The van der Waals surface area contributed by atoms with Gasteiger partial charge in [0.1, 0.15) is 6.04 Å². The molecule has 3 nitrogen and oxygen atoms in total. The van der Waals surface area contributed by atoms with Crippen LogP contribution in [0.25, 0.3) is 0 Å². The molecule has 0 spiro atoms. The maximum atomic E-state index is 11.2. The van der Waals surface area contributed by atoms with Gasteiger partial charge in [0, 0.05) is 6.54 Å². The summed E-state index contributed by atoms with van der Waals surface area (Å²) in [6.45, 7) is 4.63.